The Morgan fingerprint density at radius 1 is 1.14 bits per heavy atom. The molecule has 1 aromatic heterocycles. The highest BCUT2D eigenvalue weighted by atomic mass is 32.1. The number of halogens is 2. The van der Waals surface area contributed by atoms with Gasteiger partial charge in [0.05, 0.1) is 12.4 Å². The molecule has 1 heterocycles. The molecule has 0 amide bonds. The van der Waals surface area contributed by atoms with Crippen LogP contribution in [0.4, 0.5) is 8.78 Å². The van der Waals surface area contributed by atoms with Crippen LogP contribution in [0.15, 0.2) is 91.4 Å². The average Bonchev–Trinajstić information content (AvgIpc) is 3.34. The van der Waals surface area contributed by atoms with Crippen molar-refractivity contribution in [2.45, 2.75) is 64.7 Å². The molecule has 1 aliphatic carbocycles. The summed E-state index contributed by atoms with van der Waals surface area (Å²) >= 11 is 1.77. The summed E-state index contributed by atoms with van der Waals surface area (Å²) in [5.74, 6) is -1.69. The van der Waals surface area contributed by atoms with E-state index in [1.165, 1.54) is 27.5 Å². The molecule has 1 aromatic carbocycles. The number of alkyl halides is 2. The Bertz CT molecular complexity index is 1220. The molecular weight excluding hydrogens is 482 g/mol. The minimum Gasteiger partial charge on any atom is -0.497 e. The first-order chi connectivity index (χ1) is 17.6. The fourth-order valence-corrected chi connectivity index (χ4v) is 6.45. The Hall–Kier alpha value is -2.94. The number of benzene rings is 1. The van der Waals surface area contributed by atoms with E-state index < -0.39 is 5.92 Å². The van der Waals surface area contributed by atoms with Crippen LogP contribution >= 0.6 is 11.3 Å². The highest BCUT2D eigenvalue weighted by Crippen LogP contribution is 2.42. The maximum Gasteiger partial charge on any atom is 0.270 e. The minimum atomic E-state index is -2.84. The number of hydrogen-bond acceptors (Lipinski definition) is 2. The van der Waals surface area contributed by atoms with Gasteiger partial charge in [-0.25, -0.2) is 8.78 Å². The molecule has 0 saturated heterocycles. The molecule has 2 aromatic rings. The zero-order chi connectivity index (χ0) is 27.2. The Labute approximate surface area is 225 Å². The van der Waals surface area contributed by atoms with Gasteiger partial charge in [0, 0.05) is 39.7 Å². The van der Waals surface area contributed by atoms with Crippen molar-refractivity contribution in [2.24, 2.45) is 5.92 Å². The van der Waals surface area contributed by atoms with Crippen LogP contribution in [-0.4, -0.2) is 6.61 Å². The van der Waals surface area contributed by atoms with E-state index in [9.17, 15) is 8.78 Å². The third-order valence-corrected chi connectivity index (χ3v) is 8.49. The van der Waals surface area contributed by atoms with Crippen molar-refractivity contribution in [1.82, 2.24) is 0 Å². The van der Waals surface area contributed by atoms with Crippen LogP contribution in [0.5, 0.6) is 0 Å². The van der Waals surface area contributed by atoms with Gasteiger partial charge in [-0.3, -0.25) is 0 Å². The monoisotopic (exact) mass is 520 g/mol. The molecule has 0 fully saturated rings. The van der Waals surface area contributed by atoms with Crippen LogP contribution in [0.3, 0.4) is 0 Å². The van der Waals surface area contributed by atoms with Crippen LogP contribution < -0.4 is 0 Å². The summed E-state index contributed by atoms with van der Waals surface area (Å²) in [4.78, 5) is 2.43. The van der Waals surface area contributed by atoms with E-state index in [2.05, 4.69) is 64.4 Å². The molecule has 0 spiro atoms. The molecule has 37 heavy (non-hydrogen) atoms. The number of hydrogen-bond donors (Lipinski definition) is 0. The zero-order valence-corrected chi connectivity index (χ0v) is 23.3. The second kappa shape index (κ2) is 12.1. The Kier molecular flexibility index (Phi) is 9.34. The Morgan fingerprint density at radius 3 is 2.30 bits per heavy atom. The lowest BCUT2D eigenvalue weighted by Gasteiger charge is -2.33. The van der Waals surface area contributed by atoms with Crippen LogP contribution in [0.25, 0.3) is 11.1 Å². The molecule has 4 heteroatoms. The summed E-state index contributed by atoms with van der Waals surface area (Å²) in [5, 5.41) is 0. The van der Waals surface area contributed by atoms with Crippen molar-refractivity contribution in [3.63, 3.8) is 0 Å². The molecule has 0 aliphatic heterocycles. The molecule has 0 N–H and O–H groups in total. The molecule has 1 unspecified atom stereocenters. The van der Waals surface area contributed by atoms with Crippen LogP contribution in [0, 0.1) is 5.92 Å². The summed E-state index contributed by atoms with van der Waals surface area (Å²) < 4.78 is 33.9. The number of ether oxygens (including phenoxy) is 1. The van der Waals surface area contributed by atoms with Gasteiger partial charge in [0.15, 0.2) is 0 Å². The lowest BCUT2D eigenvalue weighted by molar-refractivity contribution is 0.0175. The lowest BCUT2D eigenvalue weighted by Crippen LogP contribution is -2.30. The van der Waals surface area contributed by atoms with E-state index in [1.54, 1.807) is 23.5 Å². The maximum absolute atomic E-state index is 13.7. The number of thiophene rings is 1. The molecule has 0 bridgehead atoms. The summed E-state index contributed by atoms with van der Waals surface area (Å²) in [6.45, 7) is 19.7. The minimum absolute atomic E-state index is 0.0321. The Morgan fingerprint density at radius 2 is 1.78 bits per heavy atom. The standard InChI is InChI=1S/C33H38F2OS/c1-8-18-33(19-9-2,30-17-16-29(37-30)25(10-3)11-4)22-36-28-20-23(5)31(24(6)21-28)26-12-14-27(15-13-26)32(7,34)35/h8-9,12-17,20,24H,1-3,11,18-19,21-22H2,4-7H3. The van der Waals surface area contributed by atoms with Gasteiger partial charge in [-0.1, -0.05) is 56.8 Å². The molecule has 0 saturated carbocycles. The van der Waals surface area contributed by atoms with E-state index >= 15 is 0 Å². The fourth-order valence-electron chi connectivity index (χ4n) is 5.15. The predicted molar refractivity (Wildman–Crippen MR) is 155 cm³/mol. The first-order valence-electron chi connectivity index (χ1n) is 12.8. The molecule has 1 nitrogen and oxygen atoms in total. The highest BCUT2D eigenvalue weighted by molar-refractivity contribution is 7.13. The van der Waals surface area contributed by atoms with E-state index in [-0.39, 0.29) is 16.9 Å². The third kappa shape index (κ3) is 6.50. The first kappa shape index (κ1) is 28.6. The molecule has 3 rings (SSSR count). The van der Waals surface area contributed by atoms with Crippen LogP contribution in [-0.2, 0) is 16.1 Å². The van der Waals surface area contributed by atoms with E-state index in [4.69, 9.17) is 4.74 Å². The molecule has 0 radical (unpaired) electrons. The SMILES string of the molecule is C=C=C(CC)c1ccc(C(CC=C)(CC=C)COC2=CC(C)=C(c3ccc(C(C)(F)F)cc3)C(C)C2)s1. The zero-order valence-electron chi connectivity index (χ0n) is 22.5. The summed E-state index contributed by atoms with van der Waals surface area (Å²) in [7, 11) is 0. The van der Waals surface area contributed by atoms with E-state index in [0.29, 0.717) is 6.61 Å². The van der Waals surface area contributed by atoms with Gasteiger partial charge < -0.3 is 4.74 Å². The van der Waals surface area contributed by atoms with Gasteiger partial charge in [-0.05, 0) is 67.0 Å². The van der Waals surface area contributed by atoms with Gasteiger partial charge in [0.1, 0.15) is 0 Å². The van der Waals surface area contributed by atoms with Crippen LogP contribution in [0.1, 0.15) is 74.3 Å². The normalized spacial score (nSPS) is 16.2. The average molecular weight is 521 g/mol. The molecule has 1 atom stereocenters. The van der Waals surface area contributed by atoms with Gasteiger partial charge in [-0.2, -0.15) is 0 Å². The van der Waals surface area contributed by atoms with Gasteiger partial charge in [-0.15, -0.1) is 30.2 Å². The van der Waals surface area contributed by atoms with E-state index in [1.807, 2.05) is 12.2 Å². The Balaban J connectivity index is 1.88. The van der Waals surface area contributed by atoms with Crippen molar-refractivity contribution in [3.05, 3.63) is 112 Å². The summed E-state index contributed by atoms with van der Waals surface area (Å²) in [6, 6.07) is 11.0. The highest BCUT2D eigenvalue weighted by Gasteiger charge is 2.34. The quantitative estimate of drug-likeness (QED) is 0.200. The third-order valence-electron chi connectivity index (χ3n) is 7.10. The van der Waals surface area contributed by atoms with Gasteiger partial charge >= 0.3 is 0 Å². The van der Waals surface area contributed by atoms with Crippen molar-refractivity contribution in [2.75, 3.05) is 6.61 Å². The molecular formula is C33H38F2OS. The van der Waals surface area contributed by atoms with Crippen molar-refractivity contribution in [1.29, 1.82) is 0 Å². The smallest absolute Gasteiger partial charge is 0.270 e. The topological polar surface area (TPSA) is 9.23 Å². The second-order valence-electron chi connectivity index (χ2n) is 10.0. The van der Waals surface area contributed by atoms with Gasteiger partial charge in [0.25, 0.3) is 5.92 Å². The predicted octanol–water partition coefficient (Wildman–Crippen LogP) is 10.2. The molecule has 196 valence electrons. The summed E-state index contributed by atoms with van der Waals surface area (Å²) in [5.41, 5.74) is 7.23. The van der Waals surface area contributed by atoms with Crippen LogP contribution in [0.2, 0.25) is 0 Å². The first-order valence-corrected chi connectivity index (χ1v) is 13.6. The van der Waals surface area contributed by atoms with Crippen molar-refractivity contribution < 1.29 is 13.5 Å². The number of rotatable bonds is 12. The second-order valence-corrected chi connectivity index (χ2v) is 11.1. The lowest BCUT2D eigenvalue weighted by atomic mass is 9.80. The van der Waals surface area contributed by atoms with Crippen molar-refractivity contribution >= 4 is 22.5 Å². The largest absolute Gasteiger partial charge is 0.497 e. The van der Waals surface area contributed by atoms with E-state index in [0.717, 1.165) is 55.1 Å². The fraction of sp³-hybridized carbons (Fsp3) is 0.364. The van der Waals surface area contributed by atoms with Crippen molar-refractivity contribution in [3.8, 4) is 0 Å². The maximum atomic E-state index is 13.7. The number of allylic oxidation sites excluding steroid dienone is 7. The van der Waals surface area contributed by atoms with Gasteiger partial charge in [0.2, 0.25) is 0 Å². The molecule has 1 aliphatic rings. The summed E-state index contributed by atoms with van der Waals surface area (Å²) in [6.07, 6.45) is 9.20.